The fourth-order valence-corrected chi connectivity index (χ4v) is 2.13. The third-order valence-electron chi connectivity index (χ3n) is 3.26. The molecule has 1 aromatic carbocycles. The molecule has 4 heteroatoms. The van der Waals surface area contributed by atoms with E-state index in [1.807, 2.05) is 13.8 Å². The molecular weight excluding hydrogens is 256 g/mol. The molecule has 0 aliphatic carbocycles. The average molecular weight is 278 g/mol. The highest BCUT2D eigenvalue weighted by Gasteiger charge is 2.24. The van der Waals surface area contributed by atoms with Crippen LogP contribution in [0.15, 0.2) is 30.9 Å². The Kier molecular flexibility index (Phi) is 5.62. The summed E-state index contributed by atoms with van der Waals surface area (Å²) < 4.78 is 4.91. The molecule has 20 heavy (non-hydrogen) atoms. The summed E-state index contributed by atoms with van der Waals surface area (Å²) in [5, 5.41) is 19.2. The Labute approximate surface area is 119 Å². The minimum absolute atomic E-state index is 0.0371. The maximum absolute atomic E-state index is 11.4. The summed E-state index contributed by atoms with van der Waals surface area (Å²) in [6.07, 6.45) is 3.28. The van der Waals surface area contributed by atoms with Crippen LogP contribution in [-0.2, 0) is 14.9 Å². The minimum Gasteiger partial charge on any atom is -0.508 e. The number of hydrogen-bond acceptors (Lipinski definition) is 4. The number of ether oxygens (including phenoxy) is 1. The summed E-state index contributed by atoms with van der Waals surface area (Å²) in [6.45, 7) is 7.71. The second-order valence-electron chi connectivity index (χ2n) is 5.41. The molecule has 0 radical (unpaired) electrons. The first-order chi connectivity index (χ1) is 9.36. The molecule has 0 heterocycles. The number of benzene rings is 1. The summed E-state index contributed by atoms with van der Waals surface area (Å²) in [7, 11) is 0. The number of hydrogen-bond donors (Lipinski definition) is 2. The predicted molar refractivity (Wildman–Crippen MR) is 77.8 cm³/mol. The van der Waals surface area contributed by atoms with Gasteiger partial charge in [0.25, 0.3) is 0 Å². The molecule has 0 saturated heterocycles. The van der Waals surface area contributed by atoms with Gasteiger partial charge in [-0.25, -0.2) is 0 Å². The number of rotatable bonds is 7. The van der Waals surface area contributed by atoms with Crippen LogP contribution in [0.3, 0.4) is 0 Å². The zero-order valence-electron chi connectivity index (χ0n) is 12.1. The van der Waals surface area contributed by atoms with E-state index in [-0.39, 0.29) is 29.5 Å². The molecule has 0 aliphatic rings. The lowest BCUT2D eigenvalue weighted by molar-refractivity contribution is -0.142. The maximum atomic E-state index is 11.4. The van der Waals surface area contributed by atoms with Crippen molar-refractivity contribution < 1.29 is 19.7 Å². The Morgan fingerprint density at radius 3 is 2.70 bits per heavy atom. The van der Waals surface area contributed by atoms with E-state index >= 15 is 0 Å². The van der Waals surface area contributed by atoms with E-state index in [1.165, 1.54) is 12.1 Å². The van der Waals surface area contributed by atoms with Crippen molar-refractivity contribution in [2.75, 3.05) is 6.61 Å². The fourth-order valence-electron chi connectivity index (χ4n) is 2.13. The Hall–Kier alpha value is -1.97. The van der Waals surface area contributed by atoms with Gasteiger partial charge in [0.05, 0.1) is 0 Å². The number of phenols is 2. The van der Waals surface area contributed by atoms with Gasteiger partial charge in [-0.15, -0.1) is 0 Å². The second-order valence-corrected chi connectivity index (χ2v) is 5.41. The molecule has 1 rings (SSSR count). The van der Waals surface area contributed by atoms with Gasteiger partial charge in [-0.1, -0.05) is 32.6 Å². The van der Waals surface area contributed by atoms with Crippen LogP contribution in [0.4, 0.5) is 0 Å². The molecule has 0 bridgehead atoms. The van der Waals surface area contributed by atoms with Crippen molar-refractivity contribution in [1.82, 2.24) is 0 Å². The molecule has 2 N–H and O–H groups in total. The SMILES string of the molecule is C=CCOC(=O)CCCC(C)(C)c1ccc(O)cc1O. The predicted octanol–water partition coefficient (Wildman–Crippen LogP) is 3.27. The Morgan fingerprint density at radius 2 is 2.10 bits per heavy atom. The van der Waals surface area contributed by atoms with Crippen molar-refractivity contribution in [3.63, 3.8) is 0 Å². The van der Waals surface area contributed by atoms with E-state index in [2.05, 4.69) is 6.58 Å². The third-order valence-corrected chi connectivity index (χ3v) is 3.26. The van der Waals surface area contributed by atoms with Crippen LogP contribution in [0, 0.1) is 0 Å². The highest BCUT2D eigenvalue weighted by Crippen LogP contribution is 2.36. The molecule has 0 atom stereocenters. The smallest absolute Gasteiger partial charge is 0.306 e. The Balaban J connectivity index is 2.57. The molecule has 0 spiro atoms. The van der Waals surface area contributed by atoms with Gasteiger partial charge < -0.3 is 14.9 Å². The van der Waals surface area contributed by atoms with Crippen LogP contribution in [0.2, 0.25) is 0 Å². The number of aromatic hydroxyl groups is 2. The average Bonchev–Trinajstić information content (AvgIpc) is 2.35. The van der Waals surface area contributed by atoms with Gasteiger partial charge in [0.1, 0.15) is 18.1 Å². The van der Waals surface area contributed by atoms with Crippen molar-refractivity contribution in [2.45, 2.75) is 38.5 Å². The van der Waals surface area contributed by atoms with E-state index in [1.54, 1.807) is 12.1 Å². The summed E-state index contributed by atoms with van der Waals surface area (Å²) >= 11 is 0. The van der Waals surface area contributed by atoms with Crippen LogP contribution < -0.4 is 0 Å². The first-order valence-corrected chi connectivity index (χ1v) is 6.66. The van der Waals surface area contributed by atoms with Gasteiger partial charge in [-0.05, 0) is 29.9 Å². The van der Waals surface area contributed by atoms with Crippen LogP contribution >= 0.6 is 0 Å². The number of carbonyl (C=O) groups excluding carboxylic acids is 1. The molecule has 0 aliphatic heterocycles. The standard InChI is InChI=1S/C16H22O4/c1-4-10-20-15(19)6-5-9-16(2,3)13-8-7-12(17)11-14(13)18/h4,7-8,11,17-18H,1,5-6,9-10H2,2-3H3. The van der Waals surface area contributed by atoms with Crippen LogP contribution in [0.5, 0.6) is 11.5 Å². The number of phenolic OH excluding ortho intramolecular Hbond substituents is 2. The van der Waals surface area contributed by atoms with E-state index < -0.39 is 0 Å². The highest BCUT2D eigenvalue weighted by atomic mass is 16.5. The lowest BCUT2D eigenvalue weighted by Gasteiger charge is -2.26. The van der Waals surface area contributed by atoms with E-state index in [4.69, 9.17) is 4.74 Å². The summed E-state index contributed by atoms with van der Waals surface area (Å²) in [5.74, 6) is -0.130. The van der Waals surface area contributed by atoms with E-state index in [9.17, 15) is 15.0 Å². The minimum atomic E-state index is -0.281. The van der Waals surface area contributed by atoms with Gasteiger partial charge in [-0.2, -0.15) is 0 Å². The van der Waals surface area contributed by atoms with Crippen LogP contribution in [0.1, 0.15) is 38.7 Å². The molecule has 0 fully saturated rings. The summed E-state index contributed by atoms with van der Waals surface area (Å²) in [6, 6.07) is 4.59. The molecule has 110 valence electrons. The molecule has 4 nitrogen and oxygen atoms in total. The Morgan fingerprint density at radius 1 is 1.40 bits per heavy atom. The quantitative estimate of drug-likeness (QED) is 0.593. The fraction of sp³-hybridized carbons (Fsp3) is 0.438. The zero-order valence-corrected chi connectivity index (χ0v) is 12.1. The van der Waals surface area contributed by atoms with Crippen molar-refractivity contribution in [3.8, 4) is 11.5 Å². The van der Waals surface area contributed by atoms with Crippen LogP contribution in [0.25, 0.3) is 0 Å². The van der Waals surface area contributed by atoms with Gasteiger partial charge in [0.2, 0.25) is 0 Å². The Bertz CT molecular complexity index is 477. The normalized spacial score (nSPS) is 11.1. The second kappa shape index (κ2) is 6.98. The van der Waals surface area contributed by atoms with E-state index in [0.717, 1.165) is 12.0 Å². The lowest BCUT2D eigenvalue weighted by Crippen LogP contribution is -2.18. The van der Waals surface area contributed by atoms with Gasteiger partial charge in [0, 0.05) is 12.5 Å². The molecule has 0 amide bonds. The number of esters is 1. The van der Waals surface area contributed by atoms with E-state index in [0.29, 0.717) is 12.8 Å². The largest absolute Gasteiger partial charge is 0.508 e. The molecule has 0 saturated carbocycles. The zero-order chi connectivity index (χ0) is 15.2. The molecule has 1 aromatic rings. The first kappa shape index (κ1) is 16.1. The summed E-state index contributed by atoms with van der Waals surface area (Å²) in [4.78, 5) is 11.4. The molecule has 0 aromatic heterocycles. The maximum Gasteiger partial charge on any atom is 0.306 e. The van der Waals surface area contributed by atoms with Crippen LogP contribution in [-0.4, -0.2) is 22.8 Å². The molecule has 0 unspecified atom stereocenters. The van der Waals surface area contributed by atoms with Gasteiger partial charge >= 0.3 is 5.97 Å². The topological polar surface area (TPSA) is 66.8 Å². The van der Waals surface area contributed by atoms with Gasteiger partial charge in [0.15, 0.2) is 0 Å². The van der Waals surface area contributed by atoms with Crippen molar-refractivity contribution >= 4 is 5.97 Å². The number of carbonyl (C=O) groups is 1. The molecular formula is C16H22O4. The van der Waals surface area contributed by atoms with Crippen molar-refractivity contribution in [3.05, 3.63) is 36.4 Å². The third kappa shape index (κ3) is 4.61. The van der Waals surface area contributed by atoms with Gasteiger partial charge in [-0.3, -0.25) is 4.79 Å². The highest BCUT2D eigenvalue weighted by molar-refractivity contribution is 5.69. The first-order valence-electron chi connectivity index (χ1n) is 6.66. The monoisotopic (exact) mass is 278 g/mol. The van der Waals surface area contributed by atoms with Crippen molar-refractivity contribution in [1.29, 1.82) is 0 Å². The lowest BCUT2D eigenvalue weighted by atomic mass is 9.79. The summed E-state index contributed by atoms with van der Waals surface area (Å²) in [5.41, 5.74) is 0.478. The van der Waals surface area contributed by atoms with Crippen molar-refractivity contribution in [2.24, 2.45) is 0 Å².